The van der Waals surface area contributed by atoms with Crippen LogP contribution in [0.3, 0.4) is 0 Å². The van der Waals surface area contributed by atoms with Crippen LogP contribution in [0.2, 0.25) is 0 Å². The van der Waals surface area contributed by atoms with Gasteiger partial charge in [0, 0.05) is 29.8 Å². The molecule has 0 bridgehead atoms. The molecule has 6 heteroatoms. The van der Waals surface area contributed by atoms with Gasteiger partial charge in [0.05, 0.1) is 0 Å². The molecule has 0 aromatic carbocycles. The molecule has 1 N–H and O–H groups in total. The summed E-state index contributed by atoms with van der Waals surface area (Å²) in [6, 6.07) is 4.20. The second kappa shape index (κ2) is 5.46. The Bertz CT molecular complexity index is 532. The molecule has 0 amide bonds. The zero-order chi connectivity index (χ0) is 12.3. The maximum Gasteiger partial charge on any atom is 0.195 e. The lowest BCUT2D eigenvalue weighted by Gasteiger charge is -2.14. The predicted molar refractivity (Wildman–Crippen MR) is 73.7 cm³/mol. The fraction of sp³-hybridized carbons (Fsp3) is 0.364. The Morgan fingerprint density at radius 2 is 2.41 bits per heavy atom. The molecule has 0 aliphatic rings. The van der Waals surface area contributed by atoms with Gasteiger partial charge in [-0.25, -0.2) is 0 Å². The van der Waals surface area contributed by atoms with Crippen LogP contribution in [0, 0.1) is 4.77 Å². The van der Waals surface area contributed by atoms with Crippen molar-refractivity contribution in [2.75, 3.05) is 12.0 Å². The number of aromatic nitrogens is 4. The fourth-order valence-electron chi connectivity index (χ4n) is 1.73. The summed E-state index contributed by atoms with van der Waals surface area (Å²) < 4.78 is 2.70. The van der Waals surface area contributed by atoms with Gasteiger partial charge in [0.2, 0.25) is 0 Å². The normalized spacial score (nSPS) is 12.6. The van der Waals surface area contributed by atoms with Crippen LogP contribution in [0.25, 0.3) is 11.4 Å². The molecule has 0 saturated heterocycles. The molecular formula is C11H14N4S2. The minimum Gasteiger partial charge on any atom is -0.296 e. The number of rotatable bonds is 4. The Morgan fingerprint density at radius 3 is 3.06 bits per heavy atom. The van der Waals surface area contributed by atoms with E-state index in [1.165, 1.54) is 0 Å². The van der Waals surface area contributed by atoms with Crippen molar-refractivity contribution in [3.63, 3.8) is 0 Å². The summed E-state index contributed by atoms with van der Waals surface area (Å²) >= 11 is 7.07. The number of thioether (sulfide) groups is 1. The first-order chi connectivity index (χ1) is 8.24. The van der Waals surface area contributed by atoms with Crippen LogP contribution >= 0.6 is 24.0 Å². The molecule has 0 saturated carbocycles. The molecule has 0 spiro atoms. The summed E-state index contributed by atoms with van der Waals surface area (Å²) in [5, 5.41) is 7.14. The van der Waals surface area contributed by atoms with Crippen molar-refractivity contribution in [2.45, 2.75) is 13.0 Å². The average molecular weight is 266 g/mol. The number of H-pyrrole nitrogens is 1. The van der Waals surface area contributed by atoms with Crippen LogP contribution in [-0.4, -0.2) is 31.8 Å². The Kier molecular flexibility index (Phi) is 3.96. The quantitative estimate of drug-likeness (QED) is 0.864. The van der Waals surface area contributed by atoms with E-state index in [4.69, 9.17) is 12.2 Å². The monoisotopic (exact) mass is 266 g/mol. The van der Waals surface area contributed by atoms with Gasteiger partial charge in [0.15, 0.2) is 10.6 Å². The third kappa shape index (κ3) is 2.58. The van der Waals surface area contributed by atoms with Gasteiger partial charge in [-0.15, -0.1) is 0 Å². The SMILES string of the molecule is CSCC(C)n1c(-c2cccnc2)n[nH]c1=S. The van der Waals surface area contributed by atoms with Gasteiger partial charge in [0.25, 0.3) is 0 Å². The molecule has 1 unspecified atom stereocenters. The summed E-state index contributed by atoms with van der Waals surface area (Å²) in [6.45, 7) is 2.14. The van der Waals surface area contributed by atoms with E-state index in [2.05, 4.69) is 28.4 Å². The molecule has 17 heavy (non-hydrogen) atoms. The molecule has 0 radical (unpaired) electrons. The van der Waals surface area contributed by atoms with Crippen molar-refractivity contribution in [2.24, 2.45) is 0 Å². The maximum atomic E-state index is 5.28. The Labute approximate surface area is 109 Å². The van der Waals surface area contributed by atoms with Crippen molar-refractivity contribution in [1.29, 1.82) is 0 Å². The van der Waals surface area contributed by atoms with Crippen LogP contribution < -0.4 is 0 Å². The van der Waals surface area contributed by atoms with Crippen molar-refractivity contribution < 1.29 is 0 Å². The summed E-state index contributed by atoms with van der Waals surface area (Å²) in [4.78, 5) is 4.11. The van der Waals surface area contributed by atoms with Gasteiger partial charge < -0.3 is 0 Å². The van der Waals surface area contributed by atoms with Crippen molar-refractivity contribution in [3.8, 4) is 11.4 Å². The smallest absolute Gasteiger partial charge is 0.195 e. The Morgan fingerprint density at radius 1 is 1.59 bits per heavy atom. The predicted octanol–water partition coefficient (Wildman–Crippen LogP) is 2.93. The molecule has 2 heterocycles. The molecule has 4 nitrogen and oxygen atoms in total. The molecule has 1 atom stereocenters. The molecular weight excluding hydrogens is 252 g/mol. The third-order valence-corrected chi connectivity index (χ3v) is 3.58. The first-order valence-corrected chi connectivity index (χ1v) is 7.10. The first-order valence-electron chi connectivity index (χ1n) is 5.30. The van der Waals surface area contributed by atoms with E-state index < -0.39 is 0 Å². The molecule has 2 aromatic heterocycles. The highest BCUT2D eigenvalue weighted by atomic mass is 32.2. The Hall–Kier alpha value is -1.14. The minimum atomic E-state index is 0.312. The van der Waals surface area contributed by atoms with Gasteiger partial charge >= 0.3 is 0 Å². The van der Waals surface area contributed by atoms with E-state index in [9.17, 15) is 0 Å². The molecule has 2 rings (SSSR count). The highest BCUT2D eigenvalue weighted by Crippen LogP contribution is 2.21. The Balaban J connectivity index is 2.46. The highest BCUT2D eigenvalue weighted by Gasteiger charge is 2.13. The second-order valence-corrected chi connectivity index (χ2v) is 5.07. The summed E-state index contributed by atoms with van der Waals surface area (Å²) in [5.41, 5.74) is 0.979. The number of pyridine rings is 1. The summed E-state index contributed by atoms with van der Waals surface area (Å²) in [5.74, 6) is 1.85. The number of nitrogens with one attached hydrogen (secondary N) is 1. The van der Waals surface area contributed by atoms with Crippen LogP contribution in [0.1, 0.15) is 13.0 Å². The number of nitrogens with zero attached hydrogens (tertiary/aromatic N) is 3. The summed E-state index contributed by atoms with van der Waals surface area (Å²) in [6.07, 6.45) is 5.64. The molecule has 90 valence electrons. The molecule has 0 fully saturated rings. The van der Waals surface area contributed by atoms with Crippen LogP contribution in [-0.2, 0) is 0 Å². The van der Waals surface area contributed by atoms with Crippen LogP contribution in [0.4, 0.5) is 0 Å². The zero-order valence-electron chi connectivity index (χ0n) is 9.75. The van der Waals surface area contributed by atoms with Crippen LogP contribution in [0.15, 0.2) is 24.5 Å². The van der Waals surface area contributed by atoms with E-state index >= 15 is 0 Å². The second-order valence-electron chi connectivity index (χ2n) is 3.77. The van der Waals surface area contributed by atoms with E-state index in [0.717, 1.165) is 17.1 Å². The summed E-state index contributed by atoms with van der Waals surface area (Å²) in [7, 11) is 0. The third-order valence-electron chi connectivity index (χ3n) is 2.47. The average Bonchev–Trinajstić information content (AvgIpc) is 2.73. The lowest BCUT2D eigenvalue weighted by molar-refractivity contribution is 0.606. The van der Waals surface area contributed by atoms with Gasteiger partial charge in [-0.3, -0.25) is 14.6 Å². The van der Waals surface area contributed by atoms with Gasteiger partial charge in [-0.2, -0.15) is 16.9 Å². The largest absolute Gasteiger partial charge is 0.296 e. The van der Waals surface area contributed by atoms with Crippen molar-refractivity contribution >= 4 is 24.0 Å². The first kappa shape index (κ1) is 12.3. The van der Waals surface area contributed by atoms with Gasteiger partial charge in [-0.05, 0) is 37.5 Å². The van der Waals surface area contributed by atoms with E-state index in [1.54, 1.807) is 24.2 Å². The van der Waals surface area contributed by atoms with E-state index in [-0.39, 0.29) is 0 Å². The van der Waals surface area contributed by atoms with Gasteiger partial charge in [-0.1, -0.05) is 0 Å². The standard InChI is InChI=1S/C11H14N4S2/c1-8(7-17-2)15-10(13-14-11(15)16)9-4-3-5-12-6-9/h3-6,8H,7H2,1-2H3,(H,14,16). The zero-order valence-corrected chi connectivity index (χ0v) is 11.4. The molecule has 0 aliphatic heterocycles. The van der Waals surface area contributed by atoms with Gasteiger partial charge in [0.1, 0.15) is 0 Å². The number of hydrogen-bond acceptors (Lipinski definition) is 4. The molecule has 0 aliphatic carbocycles. The van der Waals surface area contributed by atoms with Crippen molar-refractivity contribution in [3.05, 3.63) is 29.3 Å². The lowest BCUT2D eigenvalue weighted by atomic mass is 10.2. The lowest BCUT2D eigenvalue weighted by Crippen LogP contribution is -2.09. The van der Waals surface area contributed by atoms with E-state index in [1.807, 2.05) is 16.7 Å². The fourth-order valence-corrected chi connectivity index (χ4v) is 2.67. The minimum absolute atomic E-state index is 0.312. The van der Waals surface area contributed by atoms with Crippen LogP contribution in [0.5, 0.6) is 0 Å². The highest BCUT2D eigenvalue weighted by molar-refractivity contribution is 7.98. The van der Waals surface area contributed by atoms with Crippen molar-refractivity contribution in [1.82, 2.24) is 19.7 Å². The topological polar surface area (TPSA) is 46.5 Å². The molecule has 2 aromatic rings. The maximum absolute atomic E-state index is 5.28. The number of hydrogen-bond donors (Lipinski definition) is 1. The van der Waals surface area contributed by atoms with E-state index in [0.29, 0.717) is 10.8 Å². The number of aromatic amines is 1.